The quantitative estimate of drug-likeness (QED) is 0.716. The number of carbonyl (C=O) groups is 2. The highest BCUT2D eigenvalue weighted by atomic mass is 16.2. The number of amides is 2. The third kappa shape index (κ3) is 6.22. The van der Waals surface area contributed by atoms with Crippen molar-refractivity contribution in [3.8, 4) is 0 Å². The van der Waals surface area contributed by atoms with E-state index in [9.17, 15) is 9.59 Å². The van der Waals surface area contributed by atoms with Crippen LogP contribution in [0.15, 0.2) is 24.3 Å². The lowest BCUT2D eigenvalue weighted by molar-refractivity contribution is -0.120. The third-order valence-electron chi connectivity index (χ3n) is 2.55. The minimum absolute atomic E-state index is 0.0181. The van der Waals surface area contributed by atoms with Gasteiger partial charge < -0.3 is 16.0 Å². The van der Waals surface area contributed by atoms with Gasteiger partial charge in [0, 0.05) is 23.8 Å². The maximum atomic E-state index is 11.5. The summed E-state index contributed by atoms with van der Waals surface area (Å²) in [5.41, 5.74) is 1.61. The first-order chi connectivity index (χ1) is 9.51. The van der Waals surface area contributed by atoms with E-state index in [4.69, 9.17) is 0 Å². The van der Waals surface area contributed by atoms with Gasteiger partial charge in [-0.1, -0.05) is 6.92 Å². The maximum absolute atomic E-state index is 11.5. The standard InChI is InChI=1S/C15H23N3O2/c1-4-5-14(19)18-13-8-6-12(7-9-13)16-10-15(20)17-11(2)3/h6-9,11,16H,4-5,10H2,1-3H3,(H,17,20)(H,18,19). The van der Waals surface area contributed by atoms with Gasteiger partial charge in [-0.2, -0.15) is 0 Å². The van der Waals surface area contributed by atoms with Crippen molar-refractivity contribution in [2.45, 2.75) is 39.7 Å². The minimum Gasteiger partial charge on any atom is -0.376 e. The van der Waals surface area contributed by atoms with Crippen LogP contribution in [0.1, 0.15) is 33.6 Å². The van der Waals surface area contributed by atoms with Gasteiger partial charge >= 0.3 is 0 Å². The predicted molar refractivity (Wildman–Crippen MR) is 81.7 cm³/mol. The van der Waals surface area contributed by atoms with Crippen molar-refractivity contribution in [2.24, 2.45) is 0 Å². The molecule has 0 radical (unpaired) electrons. The fraction of sp³-hybridized carbons (Fsp3) is 0.467. The summed E-state index contributed by atoms with van der Waals surface area (Å²) >= 11 is 0. The lowest BCUT2D eigenvalue weighted by Gasteiger charge is -2.10. The molecule has 0 saturated heterocycles. The molecule has 2 amide bonds. The average Bonchev–Trinajstić information content (AvgIpc) is 2.37. The lowest BCUT2D eigenvalue weighted by Crippen LogP contribution is -2.34. The van der Waals surface area contributed by atoms with Crippen LogP contribution in [-0.2, 0) is 9.59 Å². The lowest BCUT2D eigenvalue weighted by atomic mass is 10.2. The van der Waals surface area contributed by atoms with E-state index < -0.39 is 0 Å². The molecule has 0 aliphatic heterocycles. The highest BCUT2D eigenvalue weighted by Gasteiger charge is 2.03. The molecule has 5 heteroatoms. The molecule has 20 heavy (non-hydrogen) atoms. The molecule has 0 atom stereocenters. The fourth-order valence-corrected chi connectivity index (χ4v) is 1.68. The summed E-state index contributed by atoms with van der Waals surface area (Å²) in [4.78, 5) is 22.9. The Labute approximate surface area is 120 Å². The van der Waals surface area contributed by atoms with Crippen molar-refractivity contribution in [3.63, 3.8) is 0 Å². The normalized spacial score (nSPS) is 10.2. The molecule has 1 aromatic carbocycles. The maximum Gasteiger partial charge on any atom is 0.239 e. The first-order valence-electron chi connectivity index (χ1n) is 6.94. The molecule has 0 aromatic heterocycles. The van der Waals surface area contributed by atoms with Gasteiger partial charge in [0.25, 0.3) is 0 Å². The third-order valence-corrected chi connectivity index (χ3v) is 2.55. The number of carbonyl (C=O) groups excluding carboxylic acids is 2. The van der Waals surface area contributed by atoms with E-state index in [-0.39, 0.29) is 24.4 Å². The van der Waals surface area contributed by atoms with Gasteiger partial charge in [0.15, 0.2) is 0 Å². The van der Waals surface area contributed by atoms with Gasteiger partial charge in [-0.15, -0.1) is 0 Å². The van der Waals surface area contributed by atoms with Crippen LogP contribution in [0.5, 0.6) is 0 Å². The first kappa shape index (κ1) is 16.0. The van der Waals surface area contributed by atoms with Gasteiger partial charge in [0.1, 0.15) is 0 Å². The average molecular weight is 277 g/mol. The van der Waals surface area contributed by atoms with Gasteiger partial charge in [0.05, 0.1) is 6.54 Å². The summed E-state index contributed by atoms with van der Waals surface area (Å²) in [6, 6.07) is 7.45. The molecule has 0 unspecified atom stereocenters. The van der Waals surface area contributed by atoms with Crippen LogP contribution in [-0.4, -0.2) is 24.4 Å². The summed E-state index contributed by atoms with van der Waals surface area (Å²) in [6.45, 7) is 6.05. The highest BCUT2D eigenvalue weighted by Crippen LogP contribution is 2.13. The Bertz CT molecular complexity index is 441. The van der Waals surface area contributed by atoms with Crippen LogP contribution in [0.25, 0.3) is 0 Å². The summed E-state index contributed by atoms with van der Waals surface area (Å²) < 4.78 is 0. The number of benzene rings is 1. The molecule has 0 bridgehead atoms. The first-order valence-corrected chi connectivity index (χ1v) is 6.94. The van der Waals surface area contributed by atoms with E-state index in [1.54, 1.807) is 0 Å². The molecule has 110 valence electrons. The number of rotatable bonds is 7. The van der Waals surface area contributed by atoms with E-state index in [1.807, 2.05) is 45.0 Å². The summed E-state index contributed by atoms with van der Waals surface area (Å²) in [5.74, 6) is -0.0233. The van der Waals surface area contributed by atoms with E-state index in [1.165, 1.54) is 0 Å². The van der Waals surface area contributed by atoms with E-state index in [0.29, 0.717) is 6.42 Å². The molecule has 1 rings (SSSR count). The number of hydrogen-bond acceptors (Lipinski definition) is 3. The molecule has 0 aliphatic rings. The Hall–Kier alpha value is -2.04. The second-order valence-corrected chi connectivity index (χ2v) is 4.95. The van der Waals surface area contributed by atoms with Crippen LogP contribution in [0.2, 0.25) is 0 Å². The monoisotopic (exact) mass is 277 g/mol. The Morgan fingerprint density at radius 2 is 1.65 bits per heavy atom. The number of nitrogens with one attached hydrogen (secondary N) is 3. The summed E-state index contributed by atoms with van der Waals surface area (Å²) in [7, 11) is 0. The predicted octanol–water partition coefficient (Wildman–Crippen LogP) is 2.36. The van der Waals surface area contributed by atoms with Crippen molar-refractivity contribution in [3.05, 3.63) is 24.3 Å². The van der Waals surface area contributed by atoms with Gasteiger partial charge in [0.2, 0.25) is 11.8 Å². The zero-order valence-electron chi connectivity index (χ0n) is 12.3. The SMILES string of the molecule is CCCC(=O)Nc1ccc(NCC(=O)NC(C)C)cc1. The second-order valence-electron chi connectivity index (χ2n) is 4.95. The Balaban J connectivity index is 2.42. The number of anilines is 2. The molecule has 0 fully saturated rings. The molecule has 0 spiro atoms. The zero-order valence-corrected chi connectivity index (χ0v) is 12.3. The van der Waals surface area contributed by atoms with Gasteiger partial charge in [-0.25, -0.2) is 0 Å². The van der Waals surface area contributed by atoms with Gasteiger partial charge in [-0.3, -0.25) is 9.59 Å². The topological polar surface area (TPSA) is 70.2 Å². The molecule has 3 N–H and O–H groups in total. The van der Waals surface area contributed by atoms with Crippen LogP contribution < -0.4 is 16.0 Å². The van der Waals surface area contributed by atoms with Crippen LogP contribution in [0, 0.1) is 0 Å². The van der Waals surface area contributed by atoms with E-state index in [0.717, 1.165) is 17.8 Å². The smallest absolute Gasteiger partial charge is 0.239 e. The molecular formula is C15H23N3O2. The minimum atomic E-state index is -0.0414. The molecule has 0 aliphatic carbocycles. The van der Waals surface area contributed by atoms with Crippen molar-refractivity contribution in [2.75, 3.05) is 17.2 Å². The summed E-state index contributed by atoms with van der Waals surface area (Å²) in [5, 5.41) is 8.65. The Morgan fingerprint density at radius 3 is 2.20 bits per heavy atom. The summed E-state index contributed by atoms with van der Waals surface area (Å²) in [6.07, 6.45) is 1.35. The van der Waals surface area contributed by atoms with Crippen molar-refractivity contribution in [1.82, 2.24) is 5.32 Å². The van der Waals surface area contributed by atoms with Crippen molar-refractivity contribution >= 4 is 23.2 Å². The second kappa shape index (κ2) is 8.19. The Kier molecular flexibility index (Phi) is 6.56. The van der Waals surface area contributed by atoms with Crippen LogP contribution >= 0.6 is 0 Å². The van der Waals surface area contributed by atoms with Gasteiger partial charge in [-0.05, 0) is 44.5 Å². The van der Waals surface area contributed by atoms with Crippen molar-refractivity contribution in [1.29, 1.82) is 0 Å². The van der Waals surface area contributed by atoms with Crippen molar-refractivity contribution < 1.29 is 9.59 Å². The fourth-order valence-electron chi connectivity index (χ4n) is 1.68. The molecule has 0 heterocycles. The number of hydrogen-bond donors (Lipinski definition) is 3. The molecule has 0 saturated carbocycles. The molecule has 1 aromatic rings. The van der Waals surface area contributed by atoms with E-state index >= 15 is 0 Å². The highest BCUT2D eigenvalue weighted by molar-refractivity contribution is 5.90. The van der Waals surface area contributed by atoms with E-state index in [2.05, 4.69) is 16.0 Å². The Morgan fingerprint density at radius 1 is 1.05 bits per heavy atom. The zero-order chi connectivity index (χ0) is 15.0. The van der Waals surface area contributed by atoms with Crippen LogP contribution in [0.3, 0.4) is 0 Å². The van der Waals surface area contributed by atoms with Crippen LogP contribution in [0.4, 0.5) is 11.4 Å². The largest absolute Gasteiger partial charge is 0.376 e. The molecular weight excluding hydrogens is 254 g/mol. The molecule has 5 nitrogen and oxygen atoms in total.